The van der Waals surface area contributed by atoms with Crippen molar-refractivity contribution in [1.82, 2.24) is 49.7 Å². The van der Waals surface area contributed by atoms with Gasteiger partial charge < -0.3 is 56.9 Å². The summed E-state index contributed by atoms with van der Waals surface area (Å²) >= 11 is 0. The Hall–Kier alpha value is -5.41. The van der Waals surface area contributed by atoms with Crippen molar-refractivity contribution in [2.75, 3.05) is 24.6 Å². The van der Waals surface area contributed by atoms with E-state index >= 15 is 0 Å². The minimum atomic E-state index is -5.41. The number of nitrogen functional groups attached to an aromatic ring is 2. The summed E-state index contributed by atoms with van der Waals surface area (Å²) in [4.78, 5) is 80.4. The fraction of sp³-hybridized carbons (Fsp3) is 0.467. The largest absolute Gasteiger partial charge is 0.472 e. The van der Waals surface area contributed by atoms with Gasteiger partial charge in [0.1, 0.15) is 48.8 Å². The average molecular weight is 823 g/mol. The fourth-order valence-corrected chi connectivity index (χ4v) is 7.63. The van der Waals surface area contributed by atoms with Gasteiger partial charge in [-0.3, -0.25) is 47.3 Å². The van der Waals surface area contributed by atoms with E-state index in [4.69, 9.17) is 30.0 Å². The zero-order chi connectivity index (χ0) is 41.3. The Morgan fingerprint density at radius 1 is 0.807 bits per heavy atom. The third-order valence-electron chi connectivity index (χ3n) is 9.10. The molecule has 2 fully saturated rings. The number of aromatic amines is 2. The molecule has 4 aromatic rings. The average Bonchev–Trinajstić information content (AvgIpc) is 3.91. The highest BCUT2D eigenvalue weighted by Crippen LogP contribution is 2.50. The van der Waals surface area contributed by atoms with E-state index in [1.165, 1.54) is 0 Å². The number of carbonyl (C=O) groups is 2. The number of phosphoric acid groups is 1. The topological polar surface area (TPSA) is 393 Å². The maximum absolute atomic E-state index is 13.9. The number of aromatic nitrogens is 8. The summed E-state index contributed by atoms with van der Waals surface area (Å²) in [5.74, 6) is -1.84. The number of fused-ring (bicyclic) bond motifs is 2. The lowest BCUT2D eigenvalue weighted by Gasteiger charge is -2.31. The number of aliphatic hydroxyl groups is 4. The molecule has 0 bridgehead atoms. The van der Waals surface area contributed by atoms with Crippen LogP contribution < -0.4 is 33.2 Å². The number of carbonyl (C=O) groups excluding carboxylic acids is 2. The van der Waals surface area contributed by atoms with Crippen molar-refractivity contribution in [2.24, 2.45) is 0 Å². The molecule has 6 heterocycles. The number of hydrogen-bond donors (Lipinski definition) is 11. The lowest BCUT2D eigenvalue weighted by atomic mass is 10.0. The van der Waals surface area contributed by atoms with Crippen molar-refractivity contribution in [3.05, 3.63) is 58.7 Å². The van der Waals surface area contributed by atoms with Crippen LogP contribution in [0.15, 0.2) is 47.6 Å². The van der Waals surface area contributed by atoms with Crippen LogP contribution in [-0.2, 0) is 32.7 Å². The van der Waals surface area contributed by atoms with Gasteiger partial charge >= 0.3 is 7.82 Å². The van der Waals surface area contributed by atoms with Gasteiger partial charge in [-0.1, -0.05) is 13.2 Å². The highest BCUT2D eigenvalue weighted by atomic mass is 31.2. The molecule has 0 aromatic carbocycles. The zero-order valence-electron chi connectivity index (χ0n) is 29.5. The molecule has 2 aliphatic rings. The Morgan fingerprint density at radius 3 is 1.56 bits per heavy atom. The molecule has 0 saturated carbocycles. The Morgan fingerprint density at radius 2 is 1.19 bits per heavy atom. The van der Waals surface area contributed by atoms with Crippen molar-refractivity contribution in [2.45, 2.75) is 74.1 Å². The molecule has 13 N–H and O–H groups in total. The third kappa shape index (κ3) is 8.49. The summed E-state index contributed by atoms with van der Waals surface area (Å²) in [6, 6.07) is 0. The zero-order valence-corrected chi connectivity index (χ0v) is 30.4. The second-order valence-electron chi connectivity index (χ2n) is 12.8. The predicted molar refractivity (Wildman–Crippen MR) is 192 cm³/mol. The van der Waals surface area contributed by atoms with Crippen LogP contribution in [-0.4, -0.2) is 138 Å². The van der Waals surface area contributed by atoms with Crippen molar-refractivity contribution >= 4 is 53.9 Å². The summed E-state index contributed by atoms with van der Waals surface area (Å²) in [5, 5.41) is 49.4. The molecule has 57 heavy (non-hydrogen) atoms. The Bertz CT molecular complexity index is 2170. The van der Waals surface area contributed by atoms with E-state index in [1.54, 1.807) is 0 Å². The molecule has 4 aromatic heterocycles. The maximum atomic E-state index is 13.9. The van der Waals surface area contributed by atoms with Crippen LogP contribution in [0.25, 0.3) is 22.3 Å². The fourth-order valence-electron chi connectivity index (χ4n) is 6.44. The molecule has 2 aliphatic heterocycles. The smallest absolute Gasteiger partial charge is 0.387 e. The first-order chi connectivity index (χ1) is 27.0. The van der Waals surface area contributed by atoms with Crippen LogP contribution in [0.3, 0.4) is 0 Å². The number of aliphatic hydroxyl groups excluding tert-OH is 4. The van der Waals surface area contributed by atoms with Gasteiger partial charge in [0, 0.05) is 13.1 Å². The molecule has 6 rings (SSSR count). The number of H-pyrrole nitrogens is 2. The first-order valence-corrected chi connectivity index (χ1v) is 18.5. The van der Waals surface area contributed by atoms with Gasteiger partial charge in [0.25, 0.3) is 11.1 Å². The number of nitrogens with one attached hydrogen (secondary N) is 4. The highest BCUT2D eigenvalue weighted by Gasteiger charge is 2.52. The number of phosphoric ester groups is 1. The monoisotopic (exact) mass is 822 g/mol. The molecule has 308 valence electrons. The molecule has 2 unspecified atom stereocenters. The van der Waals surface area contributed by atoms with E-state index in [0.717, 1.165) is 33.9 Å². The molecule has 0 spiro atoms. The lowest BCUT2D eigenvalue weighted by molar-refractivity contribution is -0.117. The van der Waals surface area contributed by atoms with E-state index in [-0.39, 0.29) is 60.2 Å². The Balaban J connectivity index is 1.27. The van der Waals surface area contributed by atoms with Crippen LogP contribution in [0, 0.1) is 0 Å². The van der Waals surface area contributed by atoms with Gasteiger partial charge in [0.05, 0.1) is 12.7 Å². The van der Waals surface area contributed by atoms with Gasteiger partial charge in [0.2, 0.25) is 23.7 Å². The SMILES string of the molecule is C=CC(=O)NCCC(OP(=O)(O)OC(CCNC(=O)C=C)[C@@H]1O[C@@H](n2cnc3c(=O)[nH]c(N)nc32)[C@H](O)[C@@H]1O)[C@@H]1O[C@@H](n2cnc3c(=O)[nH]c(N)nc32)[C@H](O)[C@@H]1O. The van der Waals surface area contributed by atoms with E-state index in [2.05, 4.69) is 53.7 Å². The Labute approximate surface area is 318 Å². The van der Waals surface area contributed by atoms with Crippen LogP contribution in [0.2, 0.25) is 0 Å². The van der Waals surface area contributed by atoms with Crippen molar-refractivity contribution < 1.29 is 58.0 Å². The number of nitrogens with zero attached hydrogens (tertiary/aromatic N) is 6. The first-order valence-electron chi connectivity index (χ1n) is 17.0. The first kappa shape index (κ1) is 41.2. The highest BCUT2D eigenvalue weighted by molar-refractivity contribution is 7.47. The van der Waals surface area contributed by atoms with E-state index in [0.29, 0.717) is 0 Å². The quantitative estimate of drug-likeness (QED) is 0.0378. The van der Waals surface area contributed by atoms with E-state index in [1.807, 2.05) is 0 Å². The number of ether oxygens (including phenoxy) is 2. The second-order valence-corrected chi connectivity index (χ2v) is 14.2. The number of amides is 2. The molecule has 0 aliphatic carbocycles. The molecule has 2 amide bonds. The number of hydrogen-bond acceptors (Lipinski definition) is 19. The van der Waals surface area contributed by atoms with Crippen molar-refractivity contribution in [3.63, 3.8) is 0 Å². The molecule has 27 heteroatoms. The molecule has 10 atom stereocenters. The lowest BCUT2D eigenvalue weighted by Crippen LogP contribution is -2.43. The van der Waals surface area contributed by atoms with Crippen LogP contribution >= 0.6 is 7.82 Å². The number of nitrogens with two attached hydrogens (primary N) is 2. The summed E-state index contributed by atoms with van der Waals surface area (Å²) < 4.78 is 39.1. The number of imidazole rings is 2. The van der Waals surface area contributed by atoms with Gasteiger partial charge in [0.15, 0.2) is 34.8 Å². The van der Waals surface area contributed by atoms with E-state index < -0.39 is 92.0 Å². The third-order valence-corrected chi connectivity index (χ3v) is 10.2. The maximum Gasteiger partial charge on any atom is 0.472 e. The predicted octanol–water partition coefficient (Wildman–Crippen LogP) is -4.09. The minimum absolute atomic E-state index is 0.128. The number of rotatable bonds is 16. The summed E-state index contributed by atoms with van der Waals surface area (Å²) in [6.45, 7) is 6.21. The normalized spacial score (nSPS) is 26.9. The summed E-state index contributed by atoms with van der Waals surface area (Å²) in [7, 11) is -5.41. The van der Waals surface area contributed by atoms with Gasteiger partial charge in [-0.15, -0.1) is 0 Å². The standard InChI is InChI=1S/C30H39N12O14P/c1-3-13(43)33-7-5-11(21-17(45)19(47)27(53-21)41-9-35-15-23(41)37-29(31)39-25(15)49)55-57(51,52)56-12(6-8-34-14(44)4-2)22-18(46)20(48)28(54-22)42-10-36-16-24(42)38-30(32)40-26(16)50/h3-4,9-12,17-22,27-28,45-48H,1-2,5-8H2,(H,33,43)(H,34,44)(H,51,52)(H3,31,37,39,49)(H3,32,38,40,50)/t11?,12?,17-,18-,19+,20+,21-,22-,27+,28+/m0/s1. The van der Waals surface area contributed by atoms with Crippen molar-refractivity contribution in [1.29, 1.82) is 0 Å². The molecule has 0 radical (unpaired) electrons. The van der Waals surface area contributed by atoms with Crippen LogP contribution in [0.1, 0.15) is 25.3 Å². The van der Waals surface area contributed by atoms with Gasteiger partial charge in [-0.05, 0) is 25.0 Å². The summed E-state index contributed by atoms with van der Waals surface area (Å²) in [5.41, 5.74) is 9.34. The van der Waals surface area contributed by atoms with Gasteiger partial charge in [-0.2, -0.15) is 9.97 Å². The summed E-state index contributed by atoms with van der Waals surface area (Å²) in [6.07, 6.45) is -13.4. The molecule has 2 saturated heterocycles. The minimum Gasteiger partial charge on any atom is -0.387 e. The molecular weight excluding hydrogens is 783 g/mol. The van der Waals surface area contributed by atoms with Crippen LogP contribution in [0.5, 0.6) is 0 Å². The molecule has 26 nitrogen and oxygen atoms in total. The van der Waals surface area contributed by atoms with E-state index in [9.17, 15) is 49.1 Å². The second kappa shape index (κ2) is 16.6. The number of anilines is 2. The van der Waals surface area contributed by atoms with Crippen LogP contribution in [0.4, 0.5) is 11.9 Å². The van der Waals surface area contributed by atoms with Crippen molar-refractivity contribution in [3.8, 4) is 0 Å². The molecular formula is C30H39N12O14P. The van der Waals surface area contributed by atoms with Gasteiger partial charge in [-0.25, -0.2) is 14.5 Å². The Kier molecular flexibility index (Phi) is 12.0.